The van der Waals surface area contributed by atoms with Crippen LogP contribution in [-0.4, -0.2) is 29.9 Å². The topological polar surface area (TPSA) is 83.8 Å². The third kappa shape index (κ3) is 8.37. The lowest BCUT2D eigenvalue weighted by molar-refractivity contribution is 0.957. The second-order valence-electron chi connectivity index (χ2n) is 17.8. The van der Waals surface area contributed by atoms with E-state index in [4.69, 9.17) is 29.9 Å². The lowest BCUT2D eigenvalue weighted by atomic mass is 9.97. The molecule has 0 N–H and O–H groups in total. The summed E-state index contributed by atoms with van der Waals surface area (Å²) in [6, 6.07) is 58.4. The lowest BCUT2D eigenvalue weighted by Gasteiger charge is -2.33. The average Bonchev–Trinajstić information content (AvgIpc) is 3.34. The van der Waals surface area contributed by atoms with Crippen LogP contribution in [0.5, 0.6) is 0 Å². The molecular formula is C60H52N8. The minimum atomic E-state index is 0.372. The van der Waals surface area contributed by atoms with E-state index in [1.807, 2.05) is 95.9 Å². The normalized spacial score (nSPS) is 11.2. The number of rotatable bonds is 10. The Balaban J connectivity index is 1.28. The second-order valence-corrected chi connectivity index (χ2v) is 17.8. The van der Waals surface area contributed by atoms with Crippen molar-refractivity contribution in [2.75, 3.05) is 9.80 Å². The summed E-state index contributed by atoms with van der Waals surface area (Å²) in [4.78, 5) is 36.2. The van der Waals surface area contributed by atoms with Crippen LogP contribution in [0, 0.1) is 55.4 Å². The number of aryl methyl sites for hydroxylation is 8. The average molecular weight is 885 g/mol. The Labute approximate surface area is 398 Å². The second kappa shape index (κ2) is 18.1. The van der Waals surface area contributed by atoms with E-state index < -0.39 is 0 Å². The molecule has 8 aromatic carbocycles. The highest BCUT2D eigenvalue weighted by Crippen LogP contribution is 2.46. The molecule has 2 aromatic heterocycles. The molecule has 0 saturated heterocycles. The number of aromatic nitrogens is 6. The summed E-state index contributed by atoms with van der Waals surface area (Å²) in [5, 5.41) is 2.13. The SMILES string of the molecule is Cc1cc(C)c(N(c2cc(C)c(N(c3nc(-c4ccccc4)nc(-c4ccccc4)n3)c3nc(-c4ccccc4)nc(-c4cccc5ccccc45)n3)c(C)c2)c2c(C)cc(C)cc2C)c(C)c1. The predicted molar refractivity (Wildman–Crippen MR) is 280 cm³/mol. The predicted octanol–water partition coefficient (Wildman–Crippen LogP) is 15.3. The third-order valence-corrected chi connectivity index (χ3v) is 12.4. The fraction of sp³-hybridized carbons (Fsp3) is 0.133. The van der Waals surface area contributed by atoms with Crippen molar-refractivity contribution in [3.05, 3.63) is 214 Å². The molecule has 0 unspecified atom stereocenters. The Kier molecular flexibility index (Phi) is 11.6. The molecule has 0 fully saturated rings. The summed E-state index contributed by atoms with van der Waals surface area (Å²) in [6.07, 6.45) is 0. The first-order valence-corrected chi connectivity index (χ1v) is 23.0. The standard InChI is InChI=1S/C60H52N8/c1-37-31-39(3)52(40(4)32-37)67(53-41(5)33-38(2)34-42(53)6)49-35-43(7)54(44(8)36-49)68(59-63-55(46-22-12-9-13-23-46)61-56(64-59)47-24-14-10-15-25-47)60-65-57(48-26-16-11-17-27-48)62-58(66-60)51-30-20-28-45-21-18-19-29-50(45)51/h9-36H,1-8H3. The fourth-order valence-corrected chi connectivity index (χ4v) is 9.74. The first kappa shape index (κ1) is 43.5. The molecule has 332 valence electrons. The Hall–Kier alpha value is -8.36. The van der Waals surface area contributed by atoms with Gasteiger partial charge in [-0.05, 0) is 112 Å². The monoisotopic (exact) mass is 884 g/mol. The molecule has 0 atom stereocenters. The minimum absolute atomic E-state index is 0.372. The van der Waals surface area contributed by atoms with Crippen molar-refractivity contribution in [2.45, 2.75) is 55.4 Å². The zero-order valence-corrected chi connectivity index (χ0v) is 39.7. The van der Waals surface area contributed by atoms with Gasteiger partial charge in [0.15, 0.2) is 23.3 Å². The molecule has 8 heteroatoms. The molecular weight excluding hydrogens is 833 g/mol. The van der Waals surface area contributed by atoms with Gasteiger partial charge in [0.25, 0.3) is 0 Å². The van der Waals surface area contributed by atoms with E-state index >= 15 is 0 Å². The number of hydrogen-bond donors (Lipinski definition) is 0. The number of fused-ring (bicyclic) bond motifs is 1. The summed E-state index contributed by atoms with van der Waals surface area (Å²) >= 11 is 0. The van der Waals surface area contributed by atoms with Gasteiger partial charge in [-0.15, -0.1) is 0 Å². The van der Waals surface area contributed by atoms with E-state index in [-0.39, 0.29) is 0 Å². The molecule has 10 rings (SSSR count). The molecule has 0 aliphatic carbocycles. The zero-order valence-electron chi connectivity index (χ0n) is 39.7. The molecule has 0 bridgehead atoms. The van der Waals surface area contributed by atoms with Gasteiger partial charge in [-0.1, -0.05) is 169 Å². The van der Waals surface area contributed by atoms with Gasteiger partial charge < -0.3 is 4.90 Å². The Morgan fingerprint density at radius 3 is 1.12 bits per heavy atom. The van der Waals surface area contributed by atoms with Crippen LogP contribution in [0.1, 0.15) is 44.5 Å². The van der Waals surface area contributed by atoms with E-state index in [0.717, 1.165) is 66.9 Å². The first-order chi connectivity index (χ1) is 33.0. The van der Waals surface area contributed by atoms with Crippen molar-refractivity contribution in [3.63, 3.8) is 0 Å². The van der Waals surface area contributed by atoms with Gasteiger partial charge in [0.1, 0.15) is 0 Å². The number of anilines is 6. The summed E-state index contributed by atoms with van der Waals surface area (Å²) in [5.74, 6) is 2.86. The van der Waals surface area contributed by atoms with Crippen molar-refractivity contribution in [1.29, 1.82) is 0 Å². The molecule has 0 saturated carbocycles. The van der Waals surface area contributed by atoms with Crippen LogP contribution in [0.3, 0.4) is 0 Å². The van der Waals surface area contributed by atoms with Crippen molar-refractivity contribution in [2.24, 2.45) is 0 Å². The number of hydrogen-bond acceptors (Lipinski definition) is 8. The quantitative estimate of drug-likeness (QED) is 0.134. The van der Waals surface area contributed by atoms with Crippen molar-refractivity contribution >= 4 is 45.4 Å². The van der Waals surface area contributed by atoms with Crippen LogP contribution in [0.4, 0.5) is 34.6 Å². The van der Waals surface area contributed by atoms with Gasteiger partial charge >= 0.3 is 0 Å². The third-order valence-electron chi connectivity index (χ3n) is 12.4. The van der Waals surface area contributed by atoms with Gasteiger partial charge in [0, 0.05) is 27.9 Å². The molecule has 0 aliphatic rings. The van der Waals surface area contributed by atoms with Gasteiger partial charge in [-0.3, -0.25) is 0 Å². The van der Waals surface area contributed by atoms with E-state index in [9.17, 15) is 0 Å². The van der Waals surface area contributed by atoms with Gasteiger partial charge in [-0.2, -0.15) is 19.9 Å². The molecule has 0 radical (unpaired) electrons. The molecule has 8 nitrogen and oxygen atoms in total. The fourth-order valence-electron chi connectivity index (χ4n) is 9.74. The molecule has 68 heavy (non-hydrogen) atoms. The highest BCUT2D eigenvalue weighted by Gasteiger charge is 2.29. The summed E-state index contributed by atoms with van der Waals surface area (Å²) < 4.78 is 0. The molecule has 0 amide bonds. The van der Waals surface area contributed by atoms with Crippen LogP contribution in [0.25, 0.3) is 56.3 Å². The molecule has 0 spiro atoms. The van der Waals surface area contributed by atoms with Crippen LogP contribution >= 0.6 is 0 Å². The maximum Gasteiger partial charge on any atom is 0.241 e. The Bertz CT molecular complexity index is 3310. The molecule has 2 heterocycles. The van der Waals surface area contributed by atoms with Crippen LogP contribution in [-0.2, 0) is 0 Å². The maximum atomic E-state index is 5.43. The molecule has 10 aromatic rings. The van der Waals surface area contributed by atoms with E-state index in [0.29, 0.717) is 35.2 Å². The first-order valence-electron chi connectivity index (χ1n) is 23.0. The van der Waals surface area contributed by atoms with Gasteiger partial charge in [0.05, 0.1) is 17.1 Å². The highest BCUT2D eigenvalue weighted by molar-refractivity contribution is 5.95. The number of benzene rings is 8. The van der Waals surface area contributed by atoms with Gasteiger partial charge in [-0.25, -0.2) is 14.9 Å². The van der Waals surface area contributed by atoms with Crippen molar-refractivity contribution in [3.8, 4) is 45.6 Å². The lowest BCUT2D eigenvalue weighted by Crippen LogP contribution is -2.21. The van der Waals surface area contributed by atoms with Crippen LogP contribution in [0.15, 0.2) is 170 Å². The smallest absolute Gasteiger partial charge is 0.241 e. The summed E-state index contributed by atoms with van der Waals surface area (Å²) in [6.45, 7) is 17.5. The van der Waals surface area contributed by atoms with E-state index in [2.05, 4.69) is 139 Å². The van der Waals surface area contributed by atoms with Crippen molar-refractivity contribution in [1.82, 2.24) is 29.9 Å². The minimum Gasteiger partial charge on any atom is -0.309 e. The zero-order chi connectivity index (χ0) is 47.1. The summed E-state index contributed by atoms with van der Waals surface area (Å²) in [5.41, 5.74) is 16.9. The molecule has 0 aliphatic heterocycles. The van der Waals surface area contributed by atoms with E-state index in [1.165, 1.54) is 33.4 Å². The van der Waals surface area contributed by atoms with Crippen LogP contribution < -0.4 is 9.80 Å². The number of nitrogens with zero attached hydrogens (tertiary/aromatic N) is 8. The van der Waals surface area contributed by atoms with E-state index in [1.54, 1.807) is 0 Å². The summed E-state index contributed by atoms with van der Waals surface area (Å²) in [7, 11) is 0. The largest absolute Gasteiger partial charge is 0.309 e. The highest BCUT2D eigenvalue weighted by atomic mass is 15.4. The Morgan fingerprint density at radius 2 is 0.662 bits per heavy atom. The van der Waals surface area contributed by atoms with Gasteiger partial charge in [0.2, 0.25) is 11.9 Å². The van der Waals surface area contributed by atoms with Crippen molar-refractivity contribution < 1.29 is 0 Å². The maximum absolute atomic E-state index is 5.43. The Morgan fingerprint density at radius 1 is 0.309 bits per heavy atom. The van der Waals surface area contributed by atoms with Crippen LogP contribution in [0.2, 0.25) is 0 Å².